The van der Waals surface area contributed by atoms with Crippen molar-refractivity contribution < 1.29 is 14.3 Å². The summed E-state index contributed by atoms with van der Waals surface area (Å²) in [5, 5.41) is 2.70. The molecule has 0 aliphatic heterocycles. The maximum atomic E-state index is 12.3. The van der Waals surface area contributed by atoms with Gasteiger partial charge in [0, 0.05) is 34.6 Å². The quantitative estimate of drug-likeness (QED) is 0.482. The Morgan fingerprint density at radius 1 is 1.36 bits per heavy atom. The summed E-state index contributed by atoms with van der Waals surface area (Å²) in [5.41, 5.74) is 3.11. The first kappa shape index (κ1) is 16.2. The van der Waals surface area contributed by atoms with Gasteiger partial charge in [-0.25, -0.2) is 9.78 Å². The normalized spacial score (nSPS) is 10.4. The van der Waals surface area contributed by atoms with Crippen LogP contribution in [0, 0.1) is 13.8 Å². The summed E-state index contributed by atoms with van der Waals surface area (Å²) in [6.45, 7) is 7.11. The summed E-state index contributed by atoms with van der Waals surface area (Å²) < 4.78 is 6.90. The van der Waals surface area contributed by atoms with E-state index in [-0.39, 0.29) is 12.4 Å². The molecule has 6 heteroatoms. The Balaban J connectivity index is 2.16. The van der Waals surface area contributed by atoms with Crippen LogP contribution in [0.5, 0.6) is 0 Å². The van der Waals surface area contributed by atoms with E-state index < -0.39 is 5.97 Å². The lowest BCUT2D eigenvalue weighted by atomic mass is 10.1. The molecule has 0 fully saturated rings. The lowest BCUT2D eigenvalue weighted by Gasteiger charge is -2.05. The van der Waals surface area contributed by atoms with Crippen molar-refractivity contribution in [2.75, 3.05) is 6.61 Å². The second-order valence-corrected chi connectivity index (χ2v) is 6.06. The average Bonchev–Trinajstić information content (AvgIpc) is 3.03. The van der Waals surface area contributed by atoms with Gasteiger partial charge in [0.2, 0.25) is 5.78 Å². The molecule has 0 N–H and O–H groups in total. The average molecular weight is 318 g/mol. The minimum absolute atomic E-state index is 0.216. The van der Waals surface area contributed by atoms with Crippen LogP contribution in [0.3, 0.4) is 0 Å². The molecule has 2 heterocycles. The van der Waals surface area contributed by atoms with E-state index in [0.717, 1.165) is 22.1 Å². The van der Waals surface area contributed by atoms with Gasteiger partial charge in [0.15, 0.2) is 11.7 Å². The highest BCUT2D eigenvalue weighted by atomic mass is 32.1. The van der Waals surface area contributed by atoms with Gasteiger partial charge in [-0.15, -0.1) is 11.3 Å². The molecular weight excluding hydrogens is 300 g/mol. The fourth-order valence-corrected chi connectivity index (χ4v) is 2.91. The zero-order valence-corrected chi connectivity index (χ0v) is 13.9. The Bertz CT molecular complexity index is 723. The van der Waals surface area contributed by atoms with Gasteiger partial charge in [-0.2, -0.15) is 0 Å². The number of Topliss-reactive ketones (excluding diaryl/α,β-unsaturated/α-hetero) is 1. The Labute approximate surface area is 133 Å². The number of allylic oxidation sites excluding steroid dienone is 1. The van der Waals surface area contributed by atoms with E-state index in [2.05, 4.69) is 4.98 Å². The fourth-order valence-electron chi connectivity index (χ4n) is 2.16. The number of hydrogen-bond acceptors (Lipinski definition) is 5. The fraction of sp³-hybridized carbons (Fsp3) is 0.312. The zero-order chi connectivity index (χ0) is 16.3. The number of aryl methyl sites for hydroxylation is 1. The summed E-state index contributed by atoms with van der Waals surface area (Å²) in [7, 11) is 0. The van der Waals surface area contributed by atoms with Crippen LogP contribution in [0.1, 0.15) is 35.6 Å². The topological polar surface area (TPSA) is 61.2 Å². The Kier molecular flexibility index (Phi) is 4.92. The minimum Gasteiger partial charge on any atom is -0.454 e. The monoisotopic (exact) mass is 318 g/mol. The number of aromatic nitrogens is 2. The molecule has 0 saturated heterocycles. The molecule has 2 aromatic heterocycles. The molecule has 0 spiro atoms. The number of thiazole rings is 1. The van der Waals surface area contributed by atoms with Gasteiger partial charge in [-0.1, -0.05) is 5.57 Å². The third-order valence-electron chi connectivity index (χ3n) is 3.09. The number of esters is 1. The molecule has 2 rings (SSSR count). The number of hydrogen-bond donors (Lipinski definition) is 0. The zero-order valence-electron chi connectivity index (χ0n) is 13.0. The molecule has 2 aromatic rings. The Morgan fingerprint density at radius 3 is 2.68 bits per heavy atom. The third kappa shape index (κ3) is 3.51. The van der Waals surface area contributed by atoms with Gasteiger partial charge in [-0.05, 0) is 33.8 Å². The highest BCUT2D eigenvalue weighted by molar-refractivity contribution is 7.12. The predicted octanol–water partition coefficient (Wildman–Crippen LogP) is 3.24. The van der Waals surface area contributed by atoms with Crippen LogP contribution in [0.4, 0.5) is 0 Å². The minimum atomic E-state index is -0.498. The van der Waals surface area contributed by atoms with Crippen molar-refractivity contribution in [3.05, 3.63) is 46.2 Å². The van der Waals surface area contributed by atoms with Gasteiger partial charge in [0.25, 0.3) is 0 Å². The molecule has 0 amide bonds. The van der Waals surface area contributed by atoms with Crippen LogP contribution < -0.4 is 0 Å². The maximum Gasteiger partial charge on any atom is 0.331 e. The van der Waals surface area contributed by atoms with Crippen LogP contribution >= 0.6 is 11.3 Å². The van der Waals surface area contributed by atoms with E-state index in [1.165, 1.54) is 17.4 Å². The highest BCUT2D eigenvalue weighted by Gasteiger charge is 2.18. The molecule has 0 aromatic carbocycles. The summed E-state index contributed by atoms with van der Waals surface area (Å²) in [6.07, 6.45) is 3.09. The summed E-state index contributed by atoms with van der Waals surface area (Å²) in [4.78, 5) is 28.0. The van der Waals surface area contributed by atoms with Crippen molar-refractivity contribution in [3.63, 3.8) is 0 Å². The second-order valence-electron chi connectivity index (χ2n) is 5.19. The van der Waals surface area contributed by atoms with Gasteiger partial charge in [0.1, 0.15) is 0 Å². The van der Waals surface area contributed by atoms with E-state index in [1.54, 1.807) is 26.1 Å². The lowest BCUT2D eigenvalue weighted by Crippen LogP contribution is -2.13. The Hall–Kier alpha value is -2.21. The van der Waals surface area contributed by atoms with E-state index >= 15 is 0 Å². The Morgan fingerprint density at radius 2 is 2.09 bits per heavy atom. The number of carbonyl (C=O) groups is 2. The van der Waals surface area contributed by atoms with Gasteiger partial charge in [0.05, 0.1) is 0 Å². The van der Waals surface area contributed by atoms with Crippen LogP contribution in [-0.2, 0) is 9.53 Å². The summed E-state index contributed by atoms with van der Waals surface area (Å²) >= 11 is 1.50. The third-order valence-corrected chi connectivity index (χ3v) is 3.85. The number of nitrogens with zero attached hydrogens (tertiary/aromatic N) is 2. The first-order chi connectivity index (χ1) is 10.4. The first-order valence-corrected chi connectivity index (χ1v) is 7.71. The molecule has 22 heavy (non-hydrogen) atoms. The van der Waals surface area contributed by atoms with Crippen molar-refractivity contribution in [2.24, 2.45) is 0 Å². The highest BCUT2D eigenvalue weighted by Crippen LogP contribution is 2.22. The number of carbonyl (C=O) groups excluding carboxylic acids is 2. The van der Waals surface area contributed by atoms with Crippen LogP contribution in [0.15, 0.2) is 29.3 Å². The number of ether oxygens (including phenoxy) is 1. The van der Waals surface area contributed by atoms with E-state index in [9.17, 15) is 9.59 Å². The van der Waals surface area contributed by atoms with E-state index in [0.29, 0.717) is 5.56 Å². The molecular formula is C16H18N2O3S. The number of ketones is 1. The van der Waals surface area contributed by atoms with Crippen molar-refractivity contribution in [3.8, 4) is 5.13 Å². The van der Waals surface area contributed by atoms with E-state index in [1.807, 2.05) is 23.8 Å². The second kappa shape index (κ2) is 6.70. The molecule has 0 radical (unpaired) electrons. The van der Waals surface area contributed by atoms with Crippen molar-refractivity contribution in [2.45, 2.75) is 27.7 Å². The maximum absolute atomic E-state index is 12.3. The van der Waals surface area contributed by atoms with Crippen LogP contribution in [0.25, 0.3) is 5.13 Å². The molecule has 0 bridgehead atoms. The molecule has 0 unspecified atom stereocenters. The summed E-state index contributed by atoms with van der Waals surface area (Å²) in [6, 6.07) is 1.80. The molecule has 0 aliphatic rings. The predicted molar refractivity (Wildman–Crippen MR) is 85.6 cm³/mol. The molecule has 5 nitrogen and oxygen atoms in total. The smallest absolute Gasteiger partial charge is 0.331 e. The molecule has 0 aliphatic carbocycles. The van der Waals surface area contributed by atoms with Gasteiger partial charge in [-0.3, -0.25) is 9.36 Å². The van der Waals surface area contributed by atoms with Gasteiger partial charge < -0.3 is 4.74 Å². The molecule has 116 valence electrons. The van der Waals surface area contributed by atoms with Crippen molar-refractivity contribution >= 4 is 23.1 Å². The molecule has 0 atom stereocenters. The number of rotatable bonds is 5. The lowest BCUT2D eigenvalue weighted by molar-refractivity contribution is -0.136. The largest absolute Gasteiger partial charge is 0.454 e. The van der Waals surface area contributed by atoms with Crippen LogP contribution in [-0.4, -0.2) is 27.9 Å². The standard InChI is InChI=1S/C16H18N2O3S/c1-10(2)7-15(20)21-9-14(19)13-8-11(3)18(12(13)4)16-17-5-6-22-16/h5-8H,9H2,1-4H3. The van der Waals surface area contributed by atoms with Gasteiger partial charge >= 0.3 is 5.97 Å². The van der Waals surface area contributed by atoms with Crippen molar-refractivity contribution in [1.82, 2.24) is 9.55 Å². The summed E-state index contributed by atoms with van der Waals surface area (Å²) in [5.74, 6) is -0.714. The SMILES string of the molecule is CC(C)=CC(=O)OCC(=O)c1cc(C)n(-c2nccs2)c1C. The van der Waals surface area contributed by atoms with Crippen molar-refractivity contribution in [1.29, 1.82) is 0 Å². The first-order valence-electron chi connectivity index (χ1n) is 6.84. The molecule has 0 saturated carbocycles. The van der Waals surface area contributed by atoms with Crippen LogP contribution in [0.2, 0.25) is 0 Å². The van der Waals surface area contributed by atoms with E-state index in [4.69, 9.17) is 4.74 Å².